The number of halogens is 1. The van der Waals surface area contributed by atoms with Gasteiger partial charge in [-0.1, -0.05) is 36.7 Å². The van der Waals surface area contributed by atoms with Crippen LogP contribution in [0.15, 0.2) is 66.1 Å². The maximum Gasteiger partial charge on any atom is 0.420 e. The van der Waals surface area contributed by atoms with Gasteiger partial charge in [-0.05, 0) is 125 Å². The number of amides is 2. The zero-order valence-electron chi connectivity index (χ0n) is 30.3. The lowest BCUT2D eigenvalue weighted by Gasteiger charge is -2.43. The summed E-state index contributed by atoms with van der Waals surface area (Å²) in [6.07, 6.45) is 8.80. The topological polar surface area (TPSA) is 107 Å². The van der Waals surface area contributed by atoms with Crippen LogP contribution in [0, 0.1) is 11.8 Å². The van der Waals surface area contributed by atoms with Gasteiger partial charge in [0.2, 0.25) is 0 Å². The third-order valence-electron chi connectivity index (χ3n) is 9.48. The average molecular weight is 728 g/mol. The summed E-state index contributed by atoms with van der Waals surface area (Å²) < 4.78 is 38.8. The lowest BCUT2D eigenvalue weighted by Crippen LogP contribution is -2.43. The number of allylic oxidation sites excluding steroid dienone is 1. The number of carbonyl (C=O) groups is 2. The Morgan fingerprint density at radius 1 is 1.16 bits per heavy atom. The van der Waals surface area contributed by atoms with Gasteiger partial charge in [0.15, 0.2) is 0 Å². The van der Waals surface area contributed by atoms with Crippen molar-refractivity contribution >= 4 is 39.2 Å². The molecule has 0 spiro atoms. The van der Waals surface area contributed by atoms with Crippen LogP contribution in [0.1, 0.15) is 94.1 Å². The highest BCUT2D eigenvalue weighted by Gasteiger charge is 2.38. The van der Waals surface area contributed by atoms with Crippen molar-refractivity contribution in [1.82, 2.24) is 4.72 Å². The van der Waals surface area contributed by atoms with Crippen molar-refractivity contribution in [1.29, 1.82) is 0 Å². The van der Waals surface area contributed by atoms with Gasteiger partial charge in [-0.25, -0.2) is 13.7 Å². The Bertz CT molecular complexity index is 1650. The molecule has 9 nitrogen and oxygen atoms in total. The molecule has 1 heterocycles. The molecule has 1 fully saturated rings. The van der Waals surface area contributed by atoms with Crippen LogP contribution in [0.2, 0.25) is 5.02 Å². The number of benzene rings is 2. The van der Waals surface area contributed by atoms with Crippen molar-refractivity contribution < 1.29 is 28.0 Å². The van der Waals surface area contributed by atoms with E-state index in [0.29, 0.717) is 61.6 Å². The first-order valence-corrected chi connectivity index (χ1v) is 19.6. The number of ether oxygens (including phenoxy) is 3. The molecule has 2 aromatic rings. The maximum atomic E-state index is 14.5. The number of aryl methyl sites for hydroxylation is 1. The van der Waals surface area contributed by atoms with Gasteiger partial charge < -0.3 is 19.1 Å². The number of nitrogens with one attached hydrogen (secondary N) is 1. The van der Waals surface area contributed by atoms with E-state index in [1.54, 1.807) is 52.2 Å². The average Bonchev–Trinajstić information content (AvgIpc) is 3.07. The first-order valence-electron chi connectivity index (χ1n) is 17.7. The molecular weight excluding hydrogens is 674 g/mol. The second kappa shape index (κ2) is 17.7. The summed E-state index contributed by atoms with van der Waals surface area (Å²) in [5, 5.41) is 0.0981. The van der Waals surface area contributed by atoms with E-state index >= 15 is 0 Å². The number of nitrogens with zero attached hydrogens (tertiary/aromatic N) is 2. The van der Waals surface area contributed by atoms with Gasteiger partial charge in [-0.2, -0.15) is 0 Å². The van der Waals surface area contributed by atoms with Crippen molar-refractivity contribution in [2.45, 2.75) is 103 Å². The minimum Gasteiger partial charge on any atom is -0.491 e. The van der Waals surface area contributed by atoms with Gasteiger partial charge in [0.05, 0.1) is 23.6 Å². The van der Waals surface area contributed by atoms with Gasteiger partial charge in [0.25, 0.3) is 5.91 Å². The van der Waals surface area contributed by atoms with Gasteiger partial charge in [-0.3, -0.25) is 4.79 Å². The predicted octanol–water partition coefficient (Wildman–Crippen LogP) is 9.08. The second-order valence-electron chi connectivity index (χ2n) is 14.2. The van der Waals surface area contributed by atoms with Gasteiger partial charge in [-0.15, -0.1) is 17.5 Å². The molecule has 50 heavy (non-hydrogen) atoms. The van der Waals surface area contributed by atoms with Crippen molar-refractivity contribution in [3.05, 3.63) is 83.4 Å². The normalized spacial score (nSPS) is 20.2. The van der Waals surface area contributed by atoms with E-state index in [1.165, 1.54) is 5.56 Å². The Kier molecular flexibility index (Phi) is 14.0. The Morgan fingerprint density at radius 2 is 1.94 bits per heavy atom. The van der Waals surface area contributed by atoms with Crippen molar-refractivity contribution in [3.63, 3.8) is 0 Å². The third-order valence-corrected chi connectivity index (χ3v) is 12.1. The molecule has 1 aliphatic heterocycles. The van der Waals surface area contributed by atoms with E-state index in [-0.39, 0.29) is 11.7 Å². The SMILES string of the molecule is C=CCC[C@@H](CC)S(=O)(=NC(=O)c1ccc2c(c1)N(C[C@@H]1CC[C@H]1[C@H](C=C)OC)Cc1ccc(Cl)cc1CCCCO2)NC(=O)OC(C)(C)C. The summed E-state index contributed by atoms with van der Waals surface area (Å²) in [5.74, 6) is 0.601. The monoisotopic (exact) mass is 727 g/mol. The van der Waals surface area contributed by atoms with Gasteiger partial charge >= 0.3 is 6.09 Å². The Labute approximate surface area is 304 Å². The molecule has 1 N–H and O–H groups in total. The number of hydrogen-bond donors (Lipinski definition) is 1. The summed E-state index contributed by atoms with van der Waals surface area (Å²) in [5.41, 5.74) is 2.51. The van der Waals surface area contributed by atoms with Crippen LogP contribution in [0.5, 0.6) is 5.75 Å². The zero-order chi connectivity index (χ0) is 36.5. The molecule has 4 rings (SSSR count). The van der Waals surface area contributed by atoms with Crippen LogP contribution in [0.25, 0.3) is 0 Å². The molecule has 2 amide bonds. The van der Waals surface area contributed by atoms with Gasteiger partial charge in [0.1, 0.15) is 21.3 Å². The van der Waals surface area contributed by atoms with E-state index < -0.39 is 32.8 Å². The number of anilines is 1. The standard InChI is InChI=1S/C39H54ClN3O6S/c1-8-11-15-32(9-2)50(46,42-38(45)49-39(4,5)6)41-37(44)28-18-21-36-34(24-28)43(26-30-17-20-33(30)35(10-3)47-7)25-29-16-19-31(40)23-27(29)14-12-13-22-48-36/h8,10,16,18-19,21,23-24,30,32-33,35H,1,3,9,11-15,17,20,22,25-26H2,2,4-7H3,(H,41,42,44,45,46)/t30-,32+,33+,35-,50?/m0/s1. The van der Waals surface area contributed by atoms with E-state index in [2.05, 4.69) is 33.2 Å². The first kappa shape index (κ1) is 39.4. The third kappa shape index (κ3) is 10.4. The quantitative estimate of drug-likeness (QED) is 0.218. The fraction of sp³-hybridized carbons (Fsp3) is 0.538. The minimum atomic E-state index is -3.59. The molecule has 0 bridgehead atoms. The Hall–Kier alpha value is -3.34. The van der Waals surface area contributed by atoms with E-state index in [1.807, 2.05) is 25.1 Å². The van der Waals surface area contributed by atoms with Crippen LogP contribution in [0.3, 0.4) is 0 Å². The lowest BCUT2D eigenvalue weighted by molar-refractivity contribution is 0.0137. The molecule has 2 aromatic carbocycles. The number of rotatable bonds is 12. The number of methoxy groups -OCH3 is 1. The van der Waals surface area contributed by atoms with Crippen LogP contribution in [-0.2, 0) is 32.4 Å². The van der Waals surface area contributed by atoms with Crippen molar-refractivity contribution in [2.24, 2.45) is 16.2 Å². The second-order valence-corrected chi connectivity index (χ2v) is 16.8. The van der Waals surface area contributed by atoms with Crippen LogP contribution < -0.4 is 14.4 Å². The largest absolute Gasteiger partial charge is 0.491 e. The Morgan fingerprint density at radius 3 is 2.58 bits per heavy atom. The molecule has 0 saturated heterocycles. The first-order chi connectivity index (χ1) is 23.8. The molecular formula is C39H54ClN3O6S. The molecule has 0 radical (unpaired) electrons. The van der Waals surface area contributed by atoms with Crippen molar-refractivity contribution in [2.75, 3.05) is 25.2 Å². The smallest absolute Gasteiger partial charge is 0.420 e. The highest BCUT2D eigenvalue weighted by atomic mass is 35.5. The van der Waals surface area contributed by atoms with E-state index in [9.17, 15) is 13.8 Å². The zero-order valence-corrected chi connectivity index (χ0v) is 31.8. The fourth-order valence-electron chi connectivity index (χ4n) is 6.71. The number of carbonyl (C=O) groups excluding carboxylic acids is 2. The minimum absolute atomic E-state index is 0.0514. The summed E-state index contributed by atoms with van der Waals surface area (Å²) in [7, 11) is -1.87. The van der Waals surface area contributed by atoms with E-state index in [0.717, 1.165) is 43.4 Å². The summed E-state index contributed by atoms with van der Waals surface area (Å²) in [4.78, 5) is 29.2. The molecule has 11 heteroatoms. The summed E-state index contributed by atoms with van der Waals surface area (Å²) in [6, 6.07) is 11.3. The highest BCUT2D eigenvalue weighted by molar-refractivity contribution is 7.93. The summed E-state index contributed by atoms with van der Waals surface area (Å²) >= 11 is 6.46. The van der Waals surface area contributed by atoms with Crippen LogP contribution in [0.4, 0.5) is 10.5 Å². The van der Waals surface area contributed by atoms with Crippen LogP contribution >= 0.6 is 11.6 Å². The Balaban J connectivity index is 1.80. The predicted molar refractivity (Wildman–Crippen MR) is 202 cm³/mol. The van der Waals surface area contributed by atoms with Crippen LogP contribution in [-0.4, -0.2) is 53.4 Å². The van der Waals surface area contributed by atoms with Gasteiger partial charge in [0, 0.05) is 30.8 Å². The molecule has 1 unspecified atom stereocenters. The lowest BCUT2D eigenvalue weighted by atomic mass is 9.70. The fourth-order valence-corrected chi connectivity index (χ4v) is 8.80. The van der Waals surface area contributed by atoms with E-state index in [4.69, 9.17) is 25.8 Å². The molecule has 1 aliphatic carbocycles. The highest BCUT2D eigenvalue weighted by Crippen LogP contribution is 2.42. The van der Waals surface area contributed by atoms with Crippen molar-refractivity contribution in [3.8, 4) is 5.75 Å². The molecule has 5 atom stereocenters. The molecule has 274 valence electrons. The molecule has 0 aromatic heterocycles. The maximum absolute atomic E-state index is 14.5. The summed E-state index contributed by atoms with van der Waals surface area (Å²) in [6.45, 7) is 16.6. The molecule has 2 aliphatic rings. The number of fused-ring (bicyclic) bond motifs is 2. The number of hydrogen-bond acceptors (Lipinski definition) is 7. The molecule has 1 saturated carbocycles.